The number of fused-ring (bicyclic) bond motifs is 1. The molecule has 140 valence electrons. The van der Waals surface area contributed by atoms with Gasteiger partial charge in [0.25, 0.3) is 0 Å². The first-order chi connectivity index (χ1) is 12.9. The van der Waals surface area contributed by atoms with E-state index in [0.717, 1.165) is 28.8 Å². The second-order valence-electron chi connectivity index (χ2n) is 6.57. The van der Waals surface area contributed by atoms with Crippen molar-refractivity contribution in [3.05, 3.63) is 82.4 Å². The van der Waals surface area contributed by atoms with Gasteiger partial charge >= 0.3 is 0 Å². The second kappa shape index (κ2) is 6.74. The van der Waals surface area contributed by atoms with Crippen LogP contribution in [0.3, 0.4) is 0 Å². The smallest absolute Gasteiger partial charge is 0.243 e. The largest absolute Gasteiger partial charge is 0.276 e. The average molecular weight is 406 g/mol. The summed E-state index contributed by atoms with van der Waals surface area (Å²) in [6.45, 7) is 0.532. The van der Waals surface area contributed by atoms with Gasteiger partial charge in [-0.05, 0) is 34.9 Å². The molecule has 1 atom stereocenters. The molecule has 0 saturated heterocycles. The molecule has 0 N–H and O–H groups in total. The van der Waals surface area contributed by atoms with E-state index >= 15 is 0 Å². The number of sulfonamides is 1. The third-order valence-electron chi connectivity index (χ3n) is 4.82. The molecular formula is C19H17ClFN3O2S. The van der Waals surface area contributed by atoms with Gasteiger partial charge < -0.3 is 0 Å². The number of aryl methyl sites for hydroxylation is 1. The third kappa shape index (κ3) is 3.26. The van der Waals surface area contributed by atoms with E-state index < -0.39 is 15.8 Å². The third-order valence-corrected chi connectivity index (χ3v) is 6.92. The monoisotopic (exact) mass is 405 g/mol. The molecule has 0 unspecified atom stereocenters. The fraction of sp³-hybridized carbons (Fsp3) is 0.211. The molecule has 8 heteroatoms. The van der Waals surface area contributed by atoms with Crippen LogP contribution >= 0.6 is 11.6 Å². The topological polar surface area (TPSA) is 55.2 Å². The fourth-order valence-corrected chi connectivity index (χ4v) is 5.15. The second-order valence-corrected chi connectivity index (χ2v) is 8.92. The van der Waals surface area contributed by atoms with Crippen LogP contribution in [-0.4, -0.2) is 29.0 Å². The van der Waals surface area contributed by atoms with Gasteiger partial charge in [-0.25, -0.2) is 12.8 Å². The summed E-state index contributed by atoms with van der Waals surface area (Å²) in [4.78, 5) is -0.0155. The molecule has 3 aromatic rings. The highest BCUT2D eigenvalue weighted by atomic mass is 35.5. The zero-order valence-electron chi connectivity index (χ0n) is 14.5. The Balaban J connectivity index is 1.77. The minimum Gasteiger partial charge on any atom is -0.276 e. The van der Waals surface area contributed by atoms with Crippen LogP contribution in [0.2, 0.25) is 5.02 Å². The van der Waals surface area contributed by atoms with Crippen LogP contribution in [0.15, 0.2) is 59.8 Å². The number of halogens is 2. The molecule has 0 fully saturated rings. The van der Waals surface area contributed by atoms with Crippen molar-refractivity contribution >= 4 is 21.6 Å². The molecule has 2 aromatic carbocycles. The van der Waals surface area contributed by atoms with E-state index in [-0.39, 0.29) is 28.9 Å². The van der Waals surface area contributed by atoms with Crippen molar-refractivity contribution in [3.63, 3.8) is 0 Å². The maximum atomic E-state index is 13.5. The summed E-state index contributed by atoms with van der Waals surface area (Å²) in [5.74, 6) is -0.776. The molecule has 0 bridgehead atoms. The van der Waals surface area contributed by atoms with Crippen molar-refractivity contribution in [1.29, 1.82) is 0 Å². The first-order valence-electron chi connectivity index (χ1n) is 8.38. The molecule has 5 nitrogen and oxygen atoms in total. The molecule has 1 aliphatic rings. The molecule has 27 heavy (non-hydrogen) atoms. The molecule has 0 radical (unpaired) electrons. The highest BCUT2D eigenvalue weighted by Gasteiger charge is 2.34. The standard InChI is InChI=1S/C19H17ClFN3O2S/c1-23-10-14(9-22-23)17-12-24(11-13-4-2-3-5-16(13)17)27(25,26)15-6-7-19(21)18(20)8-15/h2-10,17H,11-12H2,1H3/t17-/m0/s1. The molecule has 2 heterocycles. The van der Waals surface area contributed by atoms with E-state index in [2.05, 4.69) is 5.10 Å². The van der Waals surface area contributed by atoms with Crippen molar-refractivity contribution < 1.29 is 12.8 Å². The van der Waals surface area contributed by atoms with E-state index in [9.17, 15) is 12.8 Å². The van der Waals surface area contributed by atoms with Crippen molar-refractivity contribution in [2.45, 2.75) is 17.4 Å². The maximum absolute atomic E-state index is 13.5. The lowest BCUT2D eigenvalue weighted by Crippen LogP contribution is -2.38. The summed E-state index contributed by atoms with van der Waals surface area (Å²) < 4.78 is 42.9. The average Bonchev–Trinajstić information content (AvgIpc) is 3.09. The molecule has 1 aromatic heterocycles. The Kier molecular flexibility index (Phi) is 4.53. The van der Waals surface area contributed by atoms with Gasteiger partial charge in [0.15, 0.2) is 0 Å². The van der Waals surface area contributed by atoms with Gasteiger partial charge in [0, 0.05) is 32.3 Å². The predicted octanol–water partition coefficient (Wildman–Crippen LogP) is 3.55. The van der Waals surface area contributed by atoms with Gasteiger partial charge in [-0.2, -0.15) is 9.40 Å². The molecule has 0 spiro atoms. The minimum absolute atomic E-state index is 0.0155. The van der Waals surface area contributed by atoms with Gasteiger partial charge in [0.2, 0.25) is 10.0 Å². The highest BCUT2D eigenvalue weighted by Crippen LogP contribution is 2.36. The summed E-state index contributed by atoms with van der Waals surface area (Å²) in [6.07, 6.45) is 3.65. The summed E-state index contributed by atoms with van der Waals surface area (Å²) in [7, 11) is -2.00. The number of rotatable bonds is 3. The minimum atomic E-state index is -3.82. The Bertz CT molecular complexity index is 1110. The fourth-order valence-electron chi connectivity index (χ4n) is 3.45. The van der Waals surface area contributed by atoms with Crippen LogP contribution < -0.4 is 0 Å². The summed E-state index contributed by atoms with van der Waals surface area (Å²) in [6, 6.07) is 11.3. The SMILES string of the molecule is Cn1cc([C@@H]2CN(S(=O)(=O)c3ccc(F)c(Cl)c3)Cc3ccccc32)cn1. The number of nitrogens with zero attached hydrogens (tertiary/aromatic N) is 3. The number of hydrogen-bond donors (Lipinski definition) is 0. The van der Waals surface area contributed by atoms with E-state index in [1.807, 2.05) is 37.5 Å². The van der Waals surface area contributed by atoms with Crippen LogP contribution in [0.5, 0.6) is 0 Å². The maximum Gasteiger partial charge on any atom is 0.243 e. The Morgan fingerprint density at radius 3 is 2.70 bits per heavy atom. The van der Waals surface area contributed by atoms with Gasteiger partial charge in [0.1, 0.15) is 5.82 Å². The summed E-state index contributed by atoms with van der Waals surface area (Å²) >= 11 is 5.80. The van der Waals surface area contributed by atoms with Gasteiger partial charge in [0.05, 0.1) is 16.1 Å². The first-order valence-corrected chi connectivity index (χ1v) is 10.2. The molecule has 0 amide bonds. The lowest BCUT2D eigenvalue weighted by Gasteiger charge is -2.33. The normalized spacial score (nSPS) is 17.7. The van der Waals surface area contributed by atoms with Gasteiger partial charge in [-0.1, -0.05) is 35.9 Å². The predicted molar refractivity (Wildman–Crippen MR) is 100 cm³/mol. The molecule has 0 aliphatic carbocycles. The summed E-state index contributed by atoms with van der Waals surface area (Å²) in [5.41, 5.74) is 2.98. The van der Waals surface area contributed by atoms with E-state index in [1.54, 1.807) is 10.9 Å². The van der Waals surface area contributed by atoms with E-state index in [4.69, 9.17) is 11.6 Å². The first kappa shape index (κ1) is 18.2. The highest BCUT2D eigenvalue weighted by molar-refractivity contribution is 7.89. The number of benzene rings is 2. The Labute approximate surface area is 162 Å². The number of hydrogen-bond acceptors (Lipinski definition) is 3. The van der Waals surface area contributed by atoms with Crippen LogP contribution in [-0.2, 0) is 23.6 Å². The van der Waals surface area contributed by atoms with Crippen LogP contribution in [0, 0.1) is 5.82 Å². The molecular weight excluding hydrogens is 389 g/mol. The molecule has 0 saturated carbocycles. The van der Waals surface area contributed by atoms with E-state index in [1.165, 1.54) is 10.4 Å². The van der Waals surface area contributed by atoms with E-state index in [0.29, 0.717) is 0 Å². The zero-order chi connectivity index (χ0) is 19.2. The Hall–Kier alpha value is -2.22. The molecule has 1 aliphatic heterocycles. The van der Waals surface area contributed by atoms with Crippen molar-refractivity contribution in [2.24, 2.45) is 7.05 Å². The van der Waals surface area contributed by atoms with Crippen LogP contribution in [0.25, 0.3) is 0 Å². The summed E-state index contributed by atoms with van der Waals surface area (Å²) in [5, 5.41) is 4.01. The van der Waals surface area contributed by atoms with Crippen molar-refractivity contribution in [3.8, 4) is 0 Å². The van der Waals surface area contributed by atoms with Crippen molar-refractivity contribution in [1.82, 2.24) is 14.1 Å². The van der Waals surface area contributed by atoms with Gasteiger partial charge in [-0.15, -0.1) is 0 Å². The lowest BCUT2D eigenvalue weighted by molar-refractivity contribution is 0.371. The Morgan fingerprint density at radius 1 is 1.22 bits per heavy atom. The number of aromatic nitrogens is 2. The Morgan fingerprint density at radius 2 is 2.00 bits per heavy atom. The van der Waals surface area contributed by atoms with Crippen LogP contribution in [0.4, 0.5) is 4.39 Å². The lowest BCUT2D eigenvalue weighted by atomic mass is 9.87. The van der Waals surface area contributed by atoms with Gasteiger partial charge in [-0.3, -0.25) is 4.68 Å². The van der Waals surface area contributed by atoms with Crippen LogP contribution in [0.1, 0.15) is 22.6 Å². The van der Waals surface area contributed by atoms with Crippen molar-refractivity contribution in [2.75, 3.05) is 6.54 Å². The molecule has 4 rings (SSSR count). The quantitative estimate of drug-likeness (QED) is 0.669. The zero-order valence-corrected chi connectivity index (χ0v) is 16.1.